The molecule has 0 radical (unpaired) electrons. The Morgan fingerprint density at radius 1 is 0.935 bits per heavy atom. The van der Waals surface area contributed by atoms with Crippen molar-refractivity contribution in [1.82, 2.24) is 20.4 Å². The van der Waals surface area contributed by atoms with Gasteiger partial charge in [0, 0.05) is 12.5 Å². The molecule has 2 rings (SSSR count). The van der Waals surface area contributed by atoms with Crippen LogP contribution >= 0.6 is 11.3 Å². The number of likely N-dealkylation sites (N-methyl/N-ethyl adjacent to an activating group) is 1. The lowest BCUT2D eigenvalue weighted by molar-refractivity contribution is 0.229. The fraction of sp³-hybridized carbons (Fsp3) is 0.875. The van der Waals surface area contributed by atoms with Crippen LogP contribution in [0.3, 0.4) is 0 Å². The maximum absolute atomic E-state index is 12.7. The molecule has 1 aromatic heterocycles. The molecule has 1 atom stereocenters. The largest absolute Gasteiger partial charge is 0.327 e. The summed E-state index contributed by atoms with van der Waals surface area (Å²) in [5.74, 6) is 0. The maximum atomic E-state index is 12.7. The van der Waals surface area contributed by atoms with E-state index in [2.05, 4.69) is 43.2 Å². The van der Waals surface area contributed by atoms with Gasteiger partial charge in [0.1, 0.15) is 11.2 Å². The molecule has 0 saturated carbocycles. The van der Waals surface area contributed by atoms with E-state index in [9.17, 15) is 4.79 Å². The van der Waals surface area contributed by atoms with Gasteiger partial charge < -0.3 is 4.90 Å². The number of carbonyl (C=O) groups is 1. The first kappa shape index (κ1) is 26.0. The molecule has 0 aliphatic carbocycles. The number of rotatable bonds is 15. The number of nitrogens with one attached hydrogen (secondary N) is 1. The van der Waals surface area contributed by atoms with E-state index < -0.39 is 0 Å². The maximum Gasteiger partial charge on any atom is 0.327 e. The lowest BCUT2D eigenvalue weighted by Gasteiger charge is -2.21. The van der Waals surface area contributed by atoms with Crippen LogP contribution in [-0.2, 0) is 5.41 Å². The highest BCUT2D eigenvalue weighted by Crippen LogP contribution is 2.32. The summed E-state index contributed by atoms with van der Waals surface area (Å²) in [6.07, 6.45) is 16.2. The van der Waals surface area contributed by atoms with Crippen molar-refractivity contribution in [2.75, 3.05) is 25.0 Å². The summed E-state index contributed by atoms with van der Waals surface area (Å²) < 4.78 is 0. The zero-order chi connectivity index (χ0) is 22.7. The number of unbranched alkanes of at least 4 members (excludes halogenated alkanes) is 11. The number of nitrogens with zero attached hydrogens (tertiary/aromatic N) is 4. The molecule has 7 heteroatoms. The molecule has 6 nitrogen and oxygen atoms in total. The van der Waals surface area contributed by atoms with Gasteiger partial charge in [0.05, 0.1) is 6.54 Å². The van der Waals surface area contributed by atoms with Crippen molar-refractivity contribution in [3.8, 4) is 0 Å². The molecule has 1 unspecified atom stereocenters. The molecule has 178 valence electrons. The molecule has 31 heavy (non-hydrogen) atoms. The van der Waals surface area contributed by atoms with Crippen molar-refractivity contribution in [1.29, 1.82) is 0 Å². The summed E-state index contributed by atoms with van der Waals surface area (Å²) >= 11 is 1.52. The average Bonchev–Trinajstić information content (AvgIpc) is 3.30. The number of urea groups is 1. The van der Waals surface area contributed by atoms with E-state index in [4.69, 9.17) is 0 Å². The zero-order valence-corrected chi connectivity index (χ0v) is 21.4. The van der Waals surface area contributed by atoms with Crippen LogP contribution in [0.5, 0.6) is 0 Å². The number of hydrogen-bond donors (Lipinski definition) is 1. The highest BCUT2D eigenvalue weighted by atomic mass is 32.1. The second-order valence-corrected chi connectivity index (χ2v) is 11.0. The van der Waals surface area contributed by atoms with Gasteiger partial charge in [0.2, 0.25) is 5.13 Å². The molecule has 1 aliphatic rings. The summed E-state index contributed by atoms with van der Waals surface area (Å²) in [4.78, 5) is 16.2. The highest BCUT2D eigenvalue weighted by molar-refractivity contribution is 7.15. The first-order valence-electron chi connectivity index (χ1n) is 12.5. The third-order valence-electron chi connectivity index (χ3n) is 5.96. The fourth-order valence-electron chi connectivity index (χ4n) is 3.96. The van der Waals surface area contributed by atoms with Crippen LogP contribution in [-0.4, -0.2) is 47.4 Å². The molecule has 1 N–H and O–H groups in total. The van der Waals surface area contributed by atoms with Crippen LogP contribution in [0.4, 0.5) is 9.93 Å². The minimum absolute atomic E-state index is 0.00352. The Labute approximate surface area is 194 Å². The summed E-state index contributed by atoms with van der Waals surface area (Å²) in [6, 6.07) is 0.00352. The molecule has 1 aromatic rings. The van der Waals surface area contributed by atoms with Gasteiger partial charge in [-0.05, 0) is 13.0 Å². The zero-order valence-electron chi connectivity index (χ0n) is 20.6. The van der Waals surface area contributed by atoms with E-state index >= 15 is 0 Å². The van der Waals surface area contributed by atoms with Crippen molar-refractivity contribution in [2.24, 2.45) is 0 Å². The van der Waals surface area contributed by atoms with Crippen molar-refractivity contribution < 1.29 is 4.79 Å². The van der Waals surface area contributed by atoms with Crippen LogP contribution in [0.25, 0.3) is 0 Å². The number of aromatic nitrogens is 2. The summed E-state index contributed by atoms with van der Waals surface area (Å²) in [7, 11) is 1.85. The fourth-order valence-corrected chi connectivity index (χ4v) is 4.90. The molecule has 0 aromatic carbocycles. The molecular weight excluding hydrogens is 406 g/mol. The van der Waals surface area contributed by atoms with Gasteiger partial charge in [-0.2, -0.15) is 0 Å². The predicted octanol–water partition coefficient (Wildman–Crippen LogP) is 6.32. The summed E-state index contributed by atoms with van der Waals surface area (Å²) in [5, 5.41) is 13.9. The highest BCUT2D eigenvalue weighted by Gasteiger charge is 2.38. The second kappa shape index (κ2) is 13.4. The normalized spacial score (nSPS) is 17.2. The molecule has 0 spiro atoms. The van der Waals surface area contributed by atoms with Gasteiger partial charge >= 0.3 is 6.03 Å². The van der Waals surface area contributed by atoms with Crippen molar-refractivity contribution in [3.05, 3.63) is 5.01 Å². The topological polar surface area (TPSA) is 61.4 Å². The molecule has 0 bridgehead atoms. The van der Waals surface area contributed by atoms with Gasteiger partial charge in [-0.25, -0.2) is 4.79 Å². The smallest absolute Gasteiger partial charge is 0.324 e. The monoisotopic (exact) mass is 451 g/mol. The van der Waals surface area contributed by atoms with Gasteiger partial charge in [-0.15, -0.1) is 10.2 Å². The van der Waals surface area contributed by atoms with Crippen LogP contribution < -0.4 is 10.2 Å². The summed E-state index contributed by atoms with van der Waals surface area (Å²) in [6.45, 7) is 10.3. The van der Waals surface area contributed by atoms with Crippen molar-refractivity contribution in [2.45, 2.75) is 116 Å². The SMILES string of the molecule is CCCCCCCCCCCCCCNC1CN(C)C(=O)N1c1nnc(C(C)(C)C)s1. The number of anilines is 1. The minimum atomic E-state index is -0.0530. The minimum Gasteiger partial charge on any atom is -0.324 e. The standard InChI is InChI=1S/C24H45N5OS/c1-6-7-8-9-10-11-12-13-14-15-16-17-18-25-20-19-28(5)23(30)29(20)22-27-26-21(31-22)24(2,3)4/h20,25H,6-19H2,1-5H3. The Kier molecular flexibility index (Phi) is 11.2. The van der Waals surface area contributed by atoms with Crippen molar-refractivity contribution in [3.63, 3.8) is 0 Å². The van der Waals surface area contributed by atoms with E-state index in [1.54, 1.807) is 9.80 Å². The molecule has 2 heterocycles. The second-order valence-electron chi connectivity index (χ2n) is 10.0. The first-order chi connectivity index (χ1) is 14.8. The summed E-state index contributed by atoms with van der Waals surface area (Å²) in [5.41, 5.74) is -0.0530. The van der Waals surface area contributed by atoms with Crippen LogP contribution in [0.2, 0.25) is 0 Å². The van der Waals surface area contributed by atoms with E-state index in [1.165, 1.54) is 82.0 Å². The van der Waals surface area contributed by atoms with Crippen LogP contribution in [0.15, 0.2) is 0 Å². The van der Waals surface area contributed by atoms with Crippen LogP contribution in [0, 0.1) is 0 Å². The Bertz CT molecular complexity index is 642. The average molecular weight is 452 g/mol. The van der Waals surface area contributed by atoms with E-state index in [-0.39, 0.29) is 17.6 Å². The first-order valence-corrected chi connectivity index (χ1v) is 13.3. The lowest BCUT2D eigenvalue weighted by atomic mass is 9.98. The quantitative estimate of drug-likeness (QED) is 0.317. The van der Waals surface area contributed by atoms with Gasteiger partial charge in [0.15, 0.2) is 0 Å². The molecule has 1 aliphatic heterocycles. The molecule has 1 fully saturated rings. The van der Waals surface area contributed by atoms with Gasteiger partial charge in [0.25, 0.3) is 0 Å². The third-order valence-corrected chi connectivity index (χ3v) is 7.31. The Balaban J connectivity index is 1.61. The van der Waals surface area contributed by atoms with Crippen LogP contribution in [0.1, 0.15) is 110 Å². The number of amides is 2. The van der Waals surface area contributed by atoms with E-state index in [1.807, 2.05) is 7.05 Å². The van der Waals surface area contributed by atoms with Gasteiger partial charge in [-0.3, -0.25) is 10.2 Å². The number of carbonyl (C=O) groups excluding carboxylic acids is 1. The number of hydrogen-bond acceptors (Lipinski definition) is 5. The molecule has 2 amide bonds. The van der Waals surface area contributed by atoms with Gasteiger partial charge in [-0.1, -0.05) is 110 Å². The Morgan fingerprint density at radius 3 is 2.00 bits per heavy atom. The Hall–Kier alpha value is -1.21. The lowest BCUT2D eigenvalue weighted by Crippen LogP contribution is -2.44. The third kappa shape index (κ3) is 8.68. The van der Waals surface area contributed by atoms with Crippen molar-refractivity contribution >= 4 is 22.5 Å². The Morgan fingerprint density at radius 2 is 1.48 bits per heavy atom. The molecular formula is C24H45N5OS. The molecule has 1 saturated heterocycles. The van der Waals surface area contributed by atoms with E-state index in [0.29, 0.717) is 11.7 Å². The van der Waals surface area contributed by atoms with E-state index in [0.717, 1.165) is 18.0 Å². The predicted molar refractivity (Wildman–Crippen MR) is 132 cm³/mol.